The van der Waals surface area contributed by atoms with Crippen molar-refractivity contribution in [3.05, 3.63) is 29.8 Å². The number of ether oxygens (including phenoxy) is 2. The average Bonchev–Trinajstić information content (AvgIpc) is 2.43. The molecule has 1 rings (SSSR count). The van der Waals surface area contributed by atoms with Gasteiger partial charge in [-0.1, -0.05) is 12.1 Å². The molecule has 1 aromatic carbocycles. The molecule has 0 aliphatic rings. The van der Waals surface area contributed by atoms with Gasteiger partial charge in [-0.05, 0) is 50.9 Å². The van der Waals surface area contributed by atoms with Gasteiger partial charge in [-0.15, -0.1) is 0 Å². The van der Waals surface area contributed by atoms with Crippen molar-refractivity contribution in [3.63, 3.8) is 0 Å². The second kappa shape index (κ2) is 8.11. The van der Waals surface area contributed by atoms with E-state index in [0.717, 1.165) is 25.0 Å². The highest BCUT2D eigenvalue weighted by Crippen LogP contribution is 2.14. The van der Waals surface area contributed by atoms with Crippen LogP contribution in [0.4, 0.5) is 0 Å². The van der Waals surface area contributed by atoms with Crippen molar-refractivity contribution in [2.45, 2.75) is 38.3 Å². The first kappa shape index (κ1) is 15.0. The zero-order chi connectivity index (χ0) is 13.4. The molecular formula is C15H25NO2. The summed E-state index contributed by atoms with van der Waals surface area (Å²) in [6, 6.07) is 8.79. The molecule has 2 atom stereocenters. The number of nitrogens with one attached hydrogen (secondary N) is 1. The van der Waals surface area contributed by atoms with Gasteiger partial charge >= 0.3 is 0 Å². The Morgan fingerprint density at radius 2 is 1.83 bits per heavy atom. The van der Waals surface area contributed by atoms with E-state index in [1.807, 2.05) is 19.2 Å². The van der Waals surface area contributed by atoms with Crippen LogP contribution in [0.15, 0.2) is 24.3 Å². The van der Waals surface area contributed by atoms with Gasteiger partial charge < -0.3 is 14.8 Å². The SMILES string of the molecule is CNC(CCc1ccc(OC)cc1)CC(C)OC. The summed E-state index contributed by atoms with van der Waals surface area (Å²) in [5, 5.41) is 3.36. The average molecular weight is 251 g/mol. The fourth-order valence-electron chi connectivity index (χ4n) is 2.01. The van der Waals surface area contributed by atoms with Crippen molar-refractivity contribution >= 4 is 0 Å². The number of hydrogen-bond acceptors (Lipinski definition) is 3. The summed E-state index contributed by atoms with van der Waals surface area (Å²) in [6.07, 6.45) is 3.55. The molecule has 3 nitrogen and oxygen atoms in total. The van der Waals surface area contributed by atoms with E-state index in [-0.39, 0.29) is 0 Å². The summed E-state index contributed by atoms with van der Waals surface area (Å²) in [7, 11) is 5.47. The molecule has 0 fully saturated rings. The second-order valence-corrected chi connectivity index (χ2v) is 4.65. The standard InChI is InChI=1S/C15H25NO2/c1-12(17-3)11-14(16-2)8-5-13-6-9-15(18-4)10-7-13/h6-7,9-10,12,14,16H,5,8,11H2,1-4H3. The lowest BCUT2D eigenvalue weighted by atomic mass is 10.0. The van der Waals surface area contributed by atoms with Crippen LogP contribution in [0.25, 0.3) is 0 Å². The first-order chi connectivity index (χ1) is 8.69. The Morgan fingerprint density at radius 1 is 1.17 bits per heavy atom. The molecule has 102 valence electrons. The van der Waals surface area contributed by atoms with Gasteiger partial charge in [-0.3, -0.25) is 0 Å². The minimum atomic E-state index is 0.304. The molecule has 1 aromatic rings. The molecular weight excluding hydrogens is 226 g/mol. The minimum Gasteiger partial charge on any atom is -0.497 e. The minimum absolute atomic E-state index is 0.304. The summed E-state index contributed by atoms with van der Waals surface area (Å²) in [4.78, 5) is 0. The largest absolute Gasteiger partial charge is 0.497 e. The number of hydrogen-bond donors (Lipinski definition) is 1. The number of rotatable bonds is 8. The first-order valence-electron chi connectivity index (χ1n) is 6.52. The second-order valence-electron chi connectivity index (χ2n) is 4.65. The van der Waals surface area contributed by atoms with Gasteiger partial charge in [0.25, 0.3) is 0 Å². The Kier molecular flexibility index (Phi) is 6.76. The molecule has 0 amide bonds. The fraction of sp³-hybridized carbons (Fsp3) is 0.600. The number of methoxy groups -OCH3 is 2. The van der Waals surface area contributed by atoms with Gasteiger partial charge in [-0.2, -0.15) is 0 Å². The highest BCUT2D eigenvalue weighted by Gasteiger charge is 2.10. The third-order valence-corrected chi connectivity index (χ3v) is 3.37. The van der Waals surface area contributed by atoms with Gasteiger partial charge in [0.05, 0.1) is 13.2 Å². The molecule has 2 unspecified atom stereocenters. The Bertz CT molecular complexity index is 324. The van der Waals surface area contributed by atoms with E-state index < -0.39 is 0 Å². The van der Waals surface area contributed by atoms with Crippen LogP contribution in [0.5, 0.6) is 5.75 Å². The van der Waals surface area contributed by atoms with Crippen LogP contribution in [0, 0.1) is 0 Å². The normalized spacial score (nSPS) is 14.2. The van der Waals surface area contributed by atoms with E-state index in [0.29, 0.717) is 12.1 Å². The summed E-state index contributed by atoms with van der Waals surface area (Å²) >= 11 is 0. The van der Waals surface area contributed by atoms with E-state index >= 15 is 0 Å². The maximum atomic E-state index is 5.31. The van der Waals surface area contributed by atoms with Crippen LogP contribution in [0.2, 0.25) is 0 Å². The molecule has 0 bridgehead atoms. The molecule has 0 aliphatic carbocycles. The molecule has 0 heterocycles. The van der Waals surface area contributed by atoms with Crippen molar-refractivity contribution in [3.8, 4) is 5.75 Å². The molecule has 0 aliphatic heterocycles. The van der Waals surface area contributed by atoms with E-state index in [2.05, 4.69) is 24.4 Å². The van der Waals surface area contributed by atoms with E-state index in [1.54, 1.807) is 14.2 Å². The Balaban J connectivity index is 2.41. The third-order valence-electron chi connectivity index (χ3n) is 3.37. The van der Waals surface area contributed by atoms with Crippen LogP contribution < -0.4 is 10.1 Å². The molecule has 0 saturated heterocycles. The van der Waals surface area contributed by atoms with E-state index in [4.69, 9.17) is 9.47 Å². The summed E-state index contributed by atoms with van der Waals surface area (Å²) in [5.74, 6) is 0.914. The van der Waals surface area contributed by atoms with Crippen LogP contribution in [-0.4, -0.2) is 33.4 Å². The molecule has 18 heavy (non-hydrogen) atoms. The predicted octanol–water partition coefficient (Wildman–Crippen LogP) is 2.64. The Morgan fingerprint density at radius 3 is 2.33 bits per heavy atom. The third kappa shape index (κ3) is 5.07. The molecule has 0 aromatic heterocycles. The molecule has 0 spiro atoms. The van der Waals surface area contributed by atoms with E-state index in [1.165, 1.54) is 5.56 Å². The molecule has 1 N–H and O–H groups in total. The Hall–Kier alpha value is -1.06. The summed E-state index contributed by atoms with van der Waals surface area (Å²) in [5.41, 5.74) is 1.35. The molecule has 3 heteroatoms. The number of benzene rings is 1. The highest BCUT2D eigenvalue weighted by molar-refractivity contribution is 5.27. The van der Waals surface area contributed by atoms with Crippen LogP contribution in [0.1, 0.15) is 25.3 Å². The maximum absolute atomic E-state index is 5.31. The Labute approximate surface area is 110 Å². The lowest BCUT2D eigenvalue weighted by molar-refractivity contribution is 0.100. The zero-order valence-corrected chi connectivity index (χ0v) is 11.9. The zero-order valence-electron chi connectivity index (χ0n) is 11.9. The summed E-state index contributed by atoms with van der Waals surface area (Å²) in [6.45, 7) is 2.11. The van der Waals surface area contributed by atoms with Crippen LogP contribution in [0.3, 0.4) is 0 Å². The van der Waals surface area contributed by atoms with Crippen molar-refractivity contribution < 1.29 is 9.47 Å². The maximum Gasteiger partial charge on any atom is 0.118 e. The van der Waals surface area contributed by atoms with Gasteiger partial charge in [0, 0.05) is 13.2 Å². The fourth-order valence-corrected chi connectivity index (χ4v) is 2.01. The summed E-state index contributed by atoms with van der Waals surface area (Å²) < 4.78 is 10.5. The quantitative estimate of drug-likeness (QED) is 0.770. The predicted molar refractivity (Wildman–Crippen MR) is 75.3 cm³/mol. The van der Waals surface area contributed by atoms with Gasteiger partial charge in [0.15, 0.2) is 0 Å². The van der Waals surface area contributed by atoms with Gasteiger partial charge in [0.2, 0.25) is 0 Å². The van der Waals surface area contributed by atoms with E-state index in [9.17, 15) is 0 Å². The number of aryl methyl sites for hydroxylation is 1. The van der Waals surface area contributed by atoms with Crippen LogP contribution >= 0.6 is 0 Å². The first-order valence-corrected chi connectivity index (χ1v) is 6.52. The topological polar surface area (TPSA) is 30.5 Å². The van der Waals surface area contributed by atoms with Crippen molar-refractivity contribution in [1.82, 2.24) is 5.32 Å². The lowest BCUT2D eigenvalue weighted by Crippen LogP contribution is -2.30. The highest BCUT2D eigenvalue weighted by atomic mass is 16.5. The van der Waals surface area contributed by atoms with Gasteiger partial charge in [-0.25, -0.2) is 0 Å². The lowest BCUT2D eigenvalue weighted by Gasteiger charge is -2.19. The molecule has 0 radical (unpaired) electrons. The van der Waals surface area contributed by atoms with Gasteiger partial charge in [0.1, 0.15) is 5.75 Å². The van der Waals surface area contributed by atoms with Crippen molar-refractivity contribution in [1.29, 1.82) is 0 Å². The smallest absolute Gasteiger partial charge is 0.118 e. The van der Waals surface area contributed by atoms with Crippen LogP contribution in [-0.2, 0) is 11.2 Å². The monoisotopic (exact) mass is 251 g/mol. The van der Waals surface area contributed by atoms with Crippen molar-refractivity contribution in [2.24, 2.45) is 0 Å². The van der Waals surface area contributed by atoms with Crippen molar-refractivity contribution in [2.75, 3.05) is 21.3 Å². The molecule has 0 saturated carbocycles.